The van der Waals surface area contributed by atoms with Gasteiger partial charge in [-0.3, -0.25) is 0 Å². The van der Waals surface area contributed by atoms with Crippen molar-refractivity contribution in [1.29, 1.82) is 0 Å². The number of hydrogen-bond acceptors (Lipinski definition) is 3. The van der Waals surface area contributed by atoms with Crippen molar-refractivity contribution in [2.75, 3.05) is 32.8 Å². The van der Waals surface area contributed by atoms with E-state index in [2.05, 4.69) is 17.6 Å². The first-order valence-corrected chi connectivity index (χ1v) is 6.46. The molecule has 0 aromatic rings. The highest BCUT2D eigenvalue weighted by Crippen LogP contribution is 2.14. The van der Waals surface area contributed by atoms with Crippen molar-refractivity contribution in [2.24, 2.45) is 0 Å². The quantitative estimate of drug-likeness (QED) is 0.571. The van der Waals surface area contributed by atoms with Crippen LogP contribution in [0.5, 0.6) is 0 Å². The van der Waals surface area contributed by atoms with Crippen LogP contribution in [-0.2, 0) is 4.74 Å². The largest absolute Gasteiger partial charge is 0.378 e. The summed E-state index contributed by atoms with van der Waals surface area (Å²) in [5, 5.41) is 6.87. The lowest BCUT2D eigenvalue weighted by Crippen LogP contribution is -2.25. The fraction of sp³-hybridized carbons (Fsp3) is 1.00. The molecule has 1 heterocycles. The van der Waals surface area contributed by atoms with Crippen LogP contribution in [0.15, 0.2) is 0 Å². The molecule has 1 fully saturated rings. The topological polar surface area (TPSA) is 33.3 Å². The third-order valence-electron chi connectivity index (χ3n) is 2.80. The second kappa shape index (κ2) is 9.13. The molecule has 0 amide bonds. The van der Waals surface area contributed by atoms with Crippen molar-refractivity contribution < 1.29 is 4.74 Å². The molecule has 1 unspecified atom stereocenters. The van der Waals surface area contributed by atoms with Gasteiger partial charge >= 0.3 is 0 Å². The molecule has 1 aliphatic rings. The Morgan fingerprint density at radius 1 is 1.13 bits per heavy atom. The van der Waals surface area contributed by atoms with E-state index in [0.717, 1.165) is 32.8 Å². The van der Waals surface area contributed by atoms with Crippen LogP contribution in [0.3, 0.4) is 0 Å². The minimum Gasteiger partial charge on any atom is -0.378 e. The molecule has 0 aliphatic carbocycles. The molecule has 1 aliphatic heterocycles. The highest BCUT2D eigenvalue weighted by molar-refractivity contribution is 4.65. The van der Waals surface area contributed by atoms with Gasteiger partial charge in [-0.25, -0.2) is 0 Å². The van der Waals surface area contributed by atoms with Gasteiger partial charge in [0.15, 0.2) is 0 Å². The molecular formula is C12H26N2O. The molecule has 0 aromatic carbocycles. The van der Waals surface area contributed by atoms with Crippen LogP contribution in [0.2, 0.25) is 0 Å². The molecule has 0 saturated carbocycles. The van der Waals surface area contributed by atoms with Gasteiger partial charge in [0.05, 0.1) is 6.10 Å². The van der Waals surface area contributed by atoms with Crippen LogP contribution >= 0.6 is 0 Å². The lowest BCUT2D eigenvalue weighted by atomic mass is 10.2. The van der Waals surface area contributed by atoms with Crippen LogP contribution in [-0.4, -0.2) is 38.9 Å². The zero-order valence-corrected chi connectivity index (χ0v) is 10.1. The minimum atomic E-state index is 0.538. The average molecular weight is 214 g/mol. The SMILES string of the molecule is CCCNCCCNCCC1CCCO1. The summed E-state index contributed by atoms with van der Waals surface area (Å²) in [4.78, 5) is 0. The van der Waals surface area contributed by atoms with Crippen molar-refractivity contribution in [1.82, 2.24) is 10.6 Å². The van der Waals surface area contributed by atoms with Gasteiger partial charge in [0.1, 0.15) is 0 Å². The maximum absolute atomic E-state index is 5.56. The van der Waals surface area contributed by atoms with Crippen LogP contribution in [0.25, 0.3) is 0 Å². The highest BCUT2D eigenvalue weighted by Gasteiger charge is 2.13. The van der Waals surface area contributed by atoms with Crippen molar-refractivity contribution in [3.8, 4) is 0 Å². The Balaban J connectivity index is 1.73. The van der Waals surface area contributed by atoms with E-state index in [-0.39, 0.29) is 0 Å². The molecule has 1 saturated heterocycles. The maximum atomic E-state index is 5.56. The lowest BCUT2D eigenvalue weighted by molar-refractivity contribution is 0.104. The Morgan fingerprint density at radius 2 is 1.93 bits per heavy atom. The van der Waals surface area contributed by atoms with Gasteiger partial charge < -0.3 is 15.4 Å². The molecule has 2 N–H and O–H groups in total. The van der Waals surface area contributed by atoms with E-state index in [1.54, 1.807) is 0 Å². The van der Waals surface area contributed by atoms with E-state index in [1.807, 2.05) is 0 Å². The highest BCUT2D eigenvalue weighted by atomic mass is 16.5. The predicted molar refractivity (Wildman–Crippen MR) is 64.2 cm³/mol. The number of ether oxygens (including phenoxy) is 1. The summed E-state index contributed by atoms with van der Waals surface area (Å²) in [5.74, 6) is 0. The minimum absolute atomic E-state index is 0.538. The predicted octanol–water partition coefficient (Wildman–Crippen LogP) is 1.53. The Morgan fingerprint density at radius 3 is 2.60 bits per heavy atom. The Bertz CT molecular complexity index is 136. The van der Waals surface area contributed by atoms with Gasteiger partial charge in [0.2, 0.25) is 0 Å². The Kier molecular flexibility index (Phi) is 7.88. The summed E-state index contributed by atoms with van der Waals surface area (Å²) >= 11 is 0. The summed E-state index contributed by atoms with van der Waals surface area (Å²) in [6.07, 6.45) is 6.70. The standard InChI is InChI=1S/C12H26N2O/c1-2-7-13-8-4-9-14-10-6-12-5-3-11-15-12/h12-14H,2-11H2,1H3. The van der Waals surface area contributed by atoms with Gasteiger partial charge in [-0.1, -0.05) is 6.92 Å². The fourth-order valence-electron chi connectivity index (χ4n) is 1.90. The molecule has 1 rings (SSSR count). The van der Waals surface area contributed by atoms with Gasteiger partial charge in [-0.2, -0.15) is 0 Å². The third-order valence-corrected chi connectivity index (χ3v) is 2.80. The summed E-state index contributed by atoms with van der Waals surface area (Å²) < 4.78 is 5.56. The normalized spacial score (nSPS) is 21.0. The Labute approximate surface area is 94.0 Å². The average Bonchev–Trinajstić information content (AvgIpc) is 2.75. The zero-order valence-electron chi connectivity index (χ0n) is 10.1. The molecule has 1 atom stereocenters. The number of nitrogens with one attached hydrogen (secondary N) is 2. The van der Waals surface area contributed by atoms with E-state index in [4.69, 9.17) is 4.74 Å². The van der Waals surface area contributed by atoms with Gasteiger partial charge in [-0.15, -0.1) is 0 Å². The molecule has 0 aromatic heterocycles. The summed E-state index contributed by atoms with van der Waals surface area (Å²) in [6.45, 7) is 7.71. The number of rotatable bonds is 9. The van der Waals surface area contributed by atoms with Crippen molar-refractivity contribution in [3.63, 3.8) is 0 Å². The van der Waals surface area contributed by atoms with E-state index in [1.165, 1.54) is 32.1 Å². The molecule has 90 valence electrons. The van der Waals surface area contributed by atoms with Crippen molar-refractivity contribution in [3.05, 3.63) is 0 Å². The van der Waals surface area contributed by atoms with Crippen molar-refractivity contribution >= 4 is 0 Å². The smallest absolute Gasteiger partial charge is 0.0588 e. The summed E-state index contributed by atoms with van der Waals surface area (Å²) in [5.41, 5.74) is 0. The van der Waals surface area contributed by atoms with Crippen LogP contribution < -0.4 is 10.6 Å². The third kappa shape index (κ3) is 6.88. The lowest BCUT2D eigenvalue weighted by Gasteiger charge is -2.10. The number of hydrogen-bond donors (Lipinski definition) is 2. The zero-order chi connectivity index (χ0) is 10.8. The second-order valence-electron chi connectivity index (χ2n) is 4.28. The molecular weight excluding hydrogens is 188 g/mol. The molecule has 0 spiro atoms. The molecule has 0 bridgehead atoms. The summed E-state index contributed by atoms with van der Waals surface area (Å²) in [7, 11) is 0. The maximum Gasteiger partial charge on any atom is 0.0588 e. The van der Waals surface area contributed by atoms with Crippen molar-refractivity contribution in [2.45, 2.75) is 45.1 Å². The van der Waals surface area contributed by atoms with Crippen LogP contribution in [0, 0.1) is 0 Å². The van der Waals surface area contributed by atoms with Gasteiger partial charge in [0.25, 0.3) is 0 Å². The van der Waals surface area contributed by atoms with Gasteiger partial charge in [-0.05, 0) is 58.3 Å². The monoisotopic (exact) mass is 214 g/mol. The molecule has 3 heteroatoms. The first-order chi connectivity index (χ1) is 7.43. The van der Waals surface area contributed by atoms with E-state index >= 15 is 0 Å². The summed E-state index contributed by atoms with van der Waals surface area (Å²) in [6, 6.07) is 0. The van der Waals surface area contributed by atoms with E-state index in [0.29, 0.717) is 6.10 Å². The molecule has 3 nitrogen and oxygen atoms in total. The van der Waals surface area contributed by atoms with Crippen LogP contribution in [0.1, 0.15) is 39.0 Å². The first kappa shape index (κ1) is 12.9. The van der Waals surface area contributed by atoms with Crippen LogP contribution in [0.4, 0.5) is 0 Å². The molecule has 15 heavy (non-hydrogen) atoms. The second-order valence-corrected chi connectivity index (χ2v) is 4.28. The molecule has 0 radical (unpaired) electrons. The van der Waals surface area contributed by atoms with Gasteiger partial charge in [0, 0.05) is 6.61 Å². The van der Waals surface area contributed by atoms with E-state index < -0.39 is 0 Å². The first-order valence-electron chi connectivity index (χ1n) is 6.46. The Hall–Kier alpha value is -0.120. The van der Waals surface area contributed by atoms with E-state index in [9.17, 15) is 0 Å². The fourth-order valence-corrected chi connectivity index (χ4v) is 1.90.